The van der Waals surface area contributed by atoms with Crippen LogP contribution in [0.3, 0.4) is 0 Å². The molecule has 2 aromatic carbocycles. The molecule has 0 saturated carbocycles. The molecule has 1 saturated heterocycles. The first-order valence-corrected chi connectivity index (χ1v) is 9.73. The van der Waals surface area contributed by atoms with Crippen LogP contribution in [0.5, 0.6) is 11.5 Å². The second kappa shape index (κ2) is 8.57. The zero-order valence-electron chi connectivity index (χ0n) is 16.1. The molecule has 0 bridgehead atoms. The highest BCUT2D eigenvalue weighted by Gasteiger charge is 2.24. The Hall–Kier alpha value is -3.72. The summed E-state index contributed by atoms with van der Waals surface area (Å²) < 4.78 is 19.5. The molecule has 158 valence electrons. The number of nitrogens with two attached hydrogens (primary N) is 1. The molecular weight excluding hydrogens is 425 g/mol. The van der Waals surface area contributed by atoms with Gasteiger partial charge < -0.3 is 21.1 Å². The summed E-state index contributed by atoms with van der Waals surface area (Å²) in [7, 11) is 0. The highest BCUT2D eigenvalue weighted by Crippen LogP contribution is 2.28. The molecule has 0 aliphatic carbocycles. The molecule has 1 atom stereocenters. The molecule has 4 N–H and O–H groups in total. The van der Waals surface area contributed by atoms with Crippen molar-refractivity contribution in [3.05, 3.63) is 65.1 Å². The second-order valence-electron chi connectivity index (χ2n) is 6.80. The Morgan fingerprint density at radius 2 is 1.97 bits per heavy atom. The molecule has 1 aliphatic heterocycles. The summed E-state index contributed by atoms with van der Waals surface area (Å²) in [5.74, 6) is -0.480. The molecule has 31 heavy (non-hydrogen) atoms. The maximum Gasteiger partial charge on any atom is 0.267 e. The lowest BCUT2D eigenvalue weighted by atomic mass is 10.2. The number of carbonyl (C=O) groups is 2. The van der Waals surface area contributed by atoms with Crippen LogP contribution in [-0.2, 0) is 4.79 Å². The van der Waals surface area contributed by atoms with Crippen LogP contribution in [0, 0.1) is 5.82 Å². The van der Waals surface area contributed by atoms with Crippen molar-refractivity contribution in [2.75, 3.05) is 11.9 Å². The minimum absolute atomic E-state index is 0.00877. The monoisotopic (exact) mass is 441 g/mol. The first kappa shape index (κ1) is 20.5. The molecule has 0 spiro atoms. The fraction of sp³-hybridized carbons (Fsp3) is 0.143. The number of amides is 2. The number of rotatable bonds is 6. The van der Waals surface area contributed by atoms with E-state index in [2.05, 4.69) is 20.6 Å². The minimum Gasteiger partial charge on any atom is -0.454 e. The number of nitrogens with zero attached hydrogens (tertiary/aromatic N) is 2. The van der Waals surface area contributed by atoms with Gasteiger partial charge in [-0.15, -0.1) is 0 Å². The normalized spacial score (nSPS) is 15.4. The van der Waals surface area contributed by atoms with E-state index in [0.717, 1.165) is 6.07 Å². The lowest BCUT2D eigenvalue weighted by Gasteiger charge is -2.13. The van der Waals surface area contributed by atoms with Gasteiger partial charge in [-0.05, 0) is 48.9 Å². The maximum absolute atomic E-state index is 13.9. The lowest BCUT2D eigenvalue weighted by molar-refractivity contribution is -0.119. The number of ether oxygens (including phenoxy) is 1. The van der Waals surface area contributed by atoms with Crippen molar-refractivity contribution < 1.29 is 18.7 Å². The lowest BCUT2D eigenvalue weighted by Crippen LogP contribution is -2.30. The third-order valence-corrected chi connectivity index (χ3v) is 4.82. The summed E-state index contributed by atoms with van der Waals surface area (Å²) >= 11 is 5.75. The highest BCUT2D eigenvalue weighted by atomic mass is 35.5. The number of carbonyl (C=O) groups excluding carboxylic acids is 2. The van der Waals surface area contributed by atoms with Crippen LogP contribution in [0.15, 0.2) is 48.5 Å². The average Bonchev–Trinajstić information content (AvgIpc) is 3.14. The van der Waals surface area contributed by atoms with Gasteiger partial charge in [0.2, 0.25) is 5.91 Å². The van der Waals surface area contributed by atoms with Gasteiger partial charge >= 0.3 is 0 Å². The minimum atomic E-state index is -0.722. The van der Waals surface area contributed by atoms with E-state index in [-0.39, 0.29) is 28.2 Å². The molecule has 3 aromatic rings. The summed E-state index contributed by atoms with van der Waals surface area (Å²) in [4.78, 5) is 32.1. The van der Waals surface area contributed by atoms with Gasteiger partial charge in [0.25, 0.3) is 5.91 Å². The summed E-state index contributed by atoms with van der Waals surface area (Å²) in [6, 6.07) is 11.6. The van der Waals surface area contributed by atoms with E-state index in [9.17, 15) is 14.0 Å². The Labute approximate surface area is 181 Å². The van der Waals surface area contributed by atoms with Crippen molar-refractivity contribution in [3.63, 3.8) is 0 Å². The number of hydrogen-bond acceptors (Lipinski definition) is 6. The molecule has 1 fully saturated rings. The Kier molecular flexibility index (Phi) is 5.68. The number of hydrogen-bond donors (Lipinski definition) is 3. The molecular formula is C21H17ClFN5O3. The molecule has 2 amide bonds. The SMILES string of the molecule is NC(=O)c1cc(NC2CCNC2=O)nc(-c2ccc(Oc3ccc(Cl)cc3F)cc2)n1. The van der Waals surface area contributed by atoms with E-state index in [4.69, 9.17) is 22.1 Å². The summed E-state index contributed by atoms with van der Waals surface area (Å²) in [5.41, 5.74) is 5.98. The van der Waals surface area contributed by atoms with Crippen LogP contribution >= 0.6 is 11.6 Å². The number of nitrogens with one attached hydrogen (secondary N) is 2. The van der Waals surface area contributed by atoms with E-state index in [1.807, 2.05) is 0 Å². The fourth-order valence-electron chi connectivity index (χ4n) is 3.04. The van der Waals surface area contributed by atoms with Crippen LogP contribution in [0.1, 0.15) is 16.9 Å². The van der Waals surface area contributed by atoms with Crippen LogP contribution in [0.2, 0.25) is 5.02 Å². The third kappa shape index (κ3) is 4.72. The Bertz CT molecular complexity index is 1160. The Morgan fingerprint density at radius 3 is 2.61 bits per heavy atom. The largest absolute Gasteiger partial charge is 0.454 e. The van der Waals surface area contributed by atoms with E-state index in [1.54, 1.807) is 24.3 Å². The van der Waals surface area contributed by atoms with E-state index in [0.29, 0.717) is 30.1 Å². The Morgan fingerprint density at radius 1 is 1.19 bits per heavy atom. The van der Waals surface area contributed by atoms with Gasteiger partial charge in [0.05, 0.1) is 0 Å². The van der Waals surface area contributed by atoms with Crippen molar-refractivity contribution in [1.82, 2.24) is 15.3 Å². The zero-order valence-corrected chi connectivity index (χ0v) is 16.8. The molecule has 8 nitrogen and oxygen atoms in total. The molecule has 4 rings (SSSR count). The molecule has 10 heteroatoms. The van der Waals surface area contributed by atoms with Gasteiger partial charge in [-0.25, -0.2) is 14.4 Å². The highest BCUT2D eigenvalue weighted by molar-refractivity contribution is 6.30. The van der Waals surface area contributed by atoms with Crippen LogP contribution in [-0.4, -0.2) is 34.4 Å². The molecule has 1 aliphatic rings. The topological polar surface area (TPSA) is 119 Å². The summed E-state index contributed by atoms with van der Waals surface area (Å²) in [6.45, 7) is 0.562. The number of halogens is 2. The van der Waals surface area contributed by atoms with E-state index in [1.165, 1.54) is 18.2 Å². The quantitative estimate of drug-likeness (QED) is 0.540. The van der Waals surface area contributed by atoms with Gasteiger partial charge in [-0.2, -0.15) is 0 Å². The smallest absolute Gasteiger partial charge is 0.267 e. The van der Waals surface area contributed by atoms with Gasteiger partial charge in [-0.1, -0.05) is 11.6 Å². The number of primary amides is 1. The summed E-state index contributed by atoms with van der Waals surface area (Å²) in [5, 5.41) is 5.99. The van der Waals surface area contributed by atoms with E-state index >= 15 is 0 Å². The predicted molar refractivity (Wildman–Crippen MR) is 113 cm³/mol. The van der Waals surface area contributed by atoms with Crippen molar-refractivity contribution >= 4 is 29.2 Å². The van der Waals surface area contributed by atoms with E-state index < -0.39 is 17.8 Å². The van der Waals surface area contributed by atoms with Crippen molar-refractivity contribution in [1.29, 1.82) is 0 Å². The molecule has 1 unspecified atom stereocenters. The van der Waals surface area contributed by atoms with Gasteiger partial charge in [0, 0.05) is 23.2 Å². The molecule has 0 radical (unpaired) electrons. The standard InChI is InChI=1S/C21H17ClFN5O3/c22-12-3-6-17(14(23)9-12)31-13-4-1-11(2-5-13)20-27-16(19(24)29)10-18(28-20)26-15-7-8-25-21(15)30/h1-6,9-10,15H,7-8H2,(H2,24,29)(H,25,30)(H,26,27,28). The van der Waals surface area contributed by atoms with Gasteiger partial charge in [0.15, 0.2) is 17.4 Å². The first-order valence-electron chi connectivity index (χ1n) is 9.35. The average molecular weight is 442 g/mol. The van der Waals surface area contributed by atoms with Crippen molar-refractivity contribution in [2.45, 2.75) is 12.5 Å². The Balaban J connectivity index is 1.59. The molecule has 1 aromatic heterocycles. The van der Waals surface area contributed by atoms with Gasteiger partial charge in [0.1, 0.15) is 23.3 Å². The third-order valence-electron chi connectivity index (χ3n) is 4.58. The molecule has 2 heterocycles. The number of anilines is 1. The predicted octanol–water partition coefficient (Wildman–Crippen LogP) is 3.13. The second-order valence-corrected chi connectivity index (χ2v) is 7.24. The first-order chi connectivity index (χ1) is 14.9. The van der Waals surface area contributed by atoms with Crippen molar-refractivity contribution in [2.24, 2.45) is 5.73 Å². The number of benzene rings is 2. The number of aromatic nitrogens is 2. The van der Waals surface area contributed by atoms with Crippen LogP contribution in [0.25, 0.3) is 11.4 Å². The fourth-order valence-corrected chi connectivity index (χ4v) is 3.20. The zero-order chi connectivity index (χ0) is 22.0. The maximum atomic E-state index is 13.9. The van der Waals surface area contributed by atoms with Crippen LogP contribution in [0.4, 0.5) is 10.2 Å². The van der Waals surface area contributed by atoms with Crippen LogP contribution < -0.4 is 21.1 Å². The summed E-state index contributed by atoms with van der Waals surface area (Å²) in [6.07, 6.45) is 0.595. The van der Waals surface area contributed by atoms with Gasteiger partial charge in [-0.3, -0.25) is 9.59 Å². The van der Waals surface area contributed by atoms with Crippen molar-refractivity contribution in [3.8, 4) is 22.9 Å².